The number of piperidine rings is 1. The summed E-state index contributed by atoms with van der Waals surface area (Å²) in [7, 11) is 1.69. The number of rotatable bonds is 8. The van der Waals surface area contributed by atoms with Gasteiger partial charge in [0.2, 0.25) is 5.91 Å². The van der Waals surface area contributed by atoms with Gasteiger partial charge in [0.15, 0.2) is 0 Å². The van der Waals surface area contributed by atoms with Gasteiger partial charge in [0, 0.05) is 30.1 Å². The van der Waals surface area contributed by atoms with Crippen molar-refractivity contribution in [1.29, 1.82) is 0 Å². The number of fused-ring (bicyclic) bond motifs is 1. The van der Waals surface area contributed by atoms with E-state index in [1.54, 1.807) is 19.2 Å². The van der Waals surface area contributed by atoms with E-state index in [4.69, 9.17) is 15.2 Å². The Bertz CT molecular complexity index is 1300. The molecule has 1 aromatic heterocycles. The van der Waals surface area contributed by atoms with E-state index in [9.17, 15) is 4.79 Å². The fraction of sp³-hybridized carbons (Fsp3) is 0.286. The molecule has 1 aliphatic heterocycles. The van der Waals surface area contributed by atoms with Crippen LogP contribution >= 0.6 is 0 Å². The van der Waals surface area contributed by atoms with Crippen LogP contribution in [0.1, 0.15) is 28.8 Å². The van der Waals surface area contributed by atoms with Crippen LogP contribution in [0.5, 0.6) is 11.5 Å². The van der Waals surface area contributed by atoms with Crippen molar-refractivity contribution in [2.75, 3.05) is 26.8 Å². The van der Waals surface area contributed by atoms with E-state index in [0.29, 0.717) is 23.6 Å². The van der Waals surface area contributed by atoms with Gasteiger partial charge < -0.3 is 20.2 Å². The molecule has 3 aromatic carbocycles. The number of amides is 1. The number of ether oxygens (including phenoxy) is 2. The second-order valence-electron chi connectivity index (χ2n) is 9.11. The second kappa shape index (κ2) is 10.2. The largest absolute Gasteiger partial charge is 0.497 e. The van der Waals surface area contributed by atoms with Crippen molar-refractivity contribution in [3.05, 3.63) is 77.9 Å². The topological polar surface area (TPSA) is 93.5 Å². The third-order valence-corrected chi connectivity index (χ3v) is 6.55. The highest BCUT2D eigenvalue weighted by Gasteiger charge is 2.20. The van der Waals surface area contributed by atoms with Crippen LogP contribution in [0.4, 0.5) is 0 Å². The highest BCUT2D eigenvalue weighted by atomic mass is 16.5. The van der Waals surface area contributed by atoms with Crippen LogP contribution in [0, 0.1) is 5.92 Å². The normalized spacial score (nSPS) is 16.3. The Morgan fingerprint density at radius 3 is 2.60 bits per heavy atom. The van der Waals surface area contributed by atoms with Crippen LogP contribution in [0.25, 0.3) is 22.4 Å². The number of carbonyl (C=O) groups is 1. The summed E-state index contributed by atoms with van der Waals surface area (Å²) >= 11 is 0. The third-order valence-electron chi connectivity index (χ3n) is 6.55. The quantitative estimate of drug-likeness (QED) is 0.392. The monoisotopic (exact) mass is 470 g/mol. The van der Waals surface area contributed by atoms with Crippen molar-refractivity contribution in [3.63, 3.8) is 0 Å². The zero-order chi connectivity index (χ0) is 24.2. The van der Waals surface area contributed by atoms with E-state index in [0.717, 1.165) is 48.0 Å². The van der Waals surface area contributed by atoms with Gasteiger partial charge in [0.25, 0.3) is 0 Å². The lowest BCUT2D eigenvalue weighted by Gasteiger charge is -2.32. The Labute approximate surface area is 204 Å². The number of carbonyl (C=O) groups excluding carboxylic acids is 1. The minimum atomic E-state index is -0.459. The average Bonchev–Trinajstić information content (AvgIpc) is 3.32. The molecule has 0 saturated carbocycles. The van der Waals surface area contributed by atoms with Crippen LogP contribution < -0.4 is 15.2 Å². The standard InChI is InChI=1S/C28H30N4O3/c1-34-23-9-4-19(5-10-23)16-32-14-2-3-20(17-32)18-35-24-11-6-21(7-12-24)28-30-25-13-8-22(27(29)33)15-26(25)31-28/h4-13,15,20H,2-3,14,16-18H2,1H3,(H2,29,33)(H,30,31). The molecule has 180 valence electrons. The number of nitrogens with two attached hydrogens (primary N) is 1. The number of nitrogens with zero attached hydrogens (tertiary/aromatic N) is 2. The van der Waals surface area contributed by atoms with E-state index < -0.39 is 5.91 Å². The van der Waals surface area contributed by atoms with Crippen molar-refractivity contribution >= 4 is 16.9 Å². The number of H-pyrrole nitrogens is 1. The van der Waals surface area contributed by atoms with E-state index >= 15 is 0 Å². The molecule has 7 heteroatoms. The minimum Gasteiger partial charge on any atom is -0.497 e. The maximum absolute atomic E-state index is 11.4. The fourth-order valence-electron chi connectivity index (χ4n) is 4.64. The van der Waals surface area contributed by atoms with Crippen molar-refractivity contribution in [3.8, 4) is 22.9 Å². The number of nitrogens with one attached hydrogen (secondary N) is 1. The smallest absolute Gasteiger partial charge is 0.248 e. The number of aromatic nitrogens is 2. The lowest BCUT2D eigenvalue weighted by molar-refractivity contribution is 0.100. The van der Waals surface area contributed by atoms with Gasteiger partial charge in [-0.1, -0.05) is 12.1 Å². The third kappa shape index (κ3) is 5.46. The van der Waals surface area contributed by atoms with Crippen molar-refractivity contribution in [1.82, 2.24) is 14.9 Å². The number of primary amides is 1. The molecule has 3 N–H and O–H groups in total. The molecular weight excluding hydrogens is 440 g/mol. The van der Waals surface area contributed by atoms with Gasteiger partial charge in [-0.05, 0) is 79.5 Å². The molecule has 0 bridgehead atoms. The maximum atomic E-state index is 11.4. The van der Waals surface area contributed by atoms with Gasteiger partial charge in [-0.3, -0.25) is 9.69 Å². The fourth-order valence-corrected chi connectivity index (χ4v) is 4.64. The SMILES string of the molecule is COc1ccc(CN2CCCC(COc3ccc(-c4nc5cc(C(N)=O)ccc5[nH]4)cc3)C2)cc1. The molecule has 1 saturated heterocycles. The highest BCUT2D eigenvalue weighted by molar-refractivity contribution is 5.96. The van der Waals surface area contributed by atoms with E-state index in [-0.39, 0.29) is 0 Å². The predicted octanol–water partition coefficient (Wildman–Crippen LogP) is 4.63. The highest BCUT2D eigenvalue weighted by Crippen LogP contribution is 2.25. The summed E-state index contributed by atoms with van der Waals surface area (Å²) in [5.41, 5.74) is 9.66. The summed E-state index contributed by atoms with van der Waals surface area (Å²) in [5, 5.41) is 0. The first-order valence-corrected chi connectivity index (χ1v) is 12.0. The molecular formula is C28H30N4O3. The number of likely N-dealkylation sites (tertiary alicyclic amines) is 1. The number of methoxy groups -OCH3 is 1. The Balaban J connectivity index is 1.17. The van der Waals surface area contributed by atoms with Gasteiger partial charge in [0.1, 0.15) is 17.3 Å². The number of hydrogen-bond acceptors (Lipinski definition) is 5. The summed E-state index contributed by atoms with van der Waals surface area (Å²) < 4.78 is 11.4. The number of imidazole rings is 1. The van der Waals surface area contributed by atoms with E-state index in [1.807, 2.05) is 42.5 Å². The summed E-state index contributed by atoms with van der Waals surface area (Å²) in [6, 6.07) is 21.5. The molecule has 0 radical (unpaired) electrons. The van der Waals surface area contributed by atoms with E-state index in [1.165, 1.54) is 18.4 Å². The molecule has 5 rings (SSSR count). The average molecular weight is 471 g/mol. The van der Waals surface area contributed by atoms with Crippen LogP contribution in [0.3, 0.4) is 0 Å². The molecule has 35 heavy (non-hydrogen) atoms. The zero-order valence-corrected chi connectivity index (χ0v) is 19.9. The summed E-state index contributed by atoms with van der Waals surface area (Å²) in [6.07, 6.45) is 2.37. The molecule has 1 aliphatic rings. The molecule has 0 spiro atoms. The van der Waals surface area contributed by atoms with Crippen molar-refractivity contribution in [2.24, 2.45) is 11.7 Å². The molecule has 1 unspecified atom stereocenters. The van der Waals surface area contributed by atoms with Crippen molar-refractivity contribution in [2.45, 2.75) is 19.4 Å². The lowest BCUT2D eigenvalue weighted by Crippen LogP contribution is -2.37. The summed E-state index contributed by atoms with van der Waals surface area (Å²) in [5.74, 6) is 2.54. The Hall–Kier alpha value is -3.84. The molecule has 0 aliphatic carbocycles. The summed E-state index contributed by atoms with van der Waals surface area (Å²) in [4.78, 5) is 21.8. The number of benzene rings is 3. The number of aromatic amines is 1. The Morgan fingerprint density at radius 1 is 1.09 bits per heavy atom. The summed E-state index contributed by atoms with van der Waals surface area (Å²) in [6.45, 7) is 3.82. The molecule has 1 fully saturated rings. The first kappa shape index (κ1) is 22.9. The van der Waals surface area contributed by atoms with Crippen LogP contribution in [0.2, 0.25) is 0 Å². The second-order valence-corrected chi connectivity index (χ2v) is 9.11. The van der Waals surface area contributed by atoms with Gasteiger partial charge >= 0.3 is 0 Å². The zero-order valence-electron chi connectivity index (χ0n) is 19.9. The molecule has 1 amide bonds. The molecule has 4 aromatic rings. The van der Waals surface area contributed by atoms with Crippen LogP contribution in [0.15, 0.2) is 66.7 Å². The van der Waals surface area contributed by atoms with Gasteiger partial charge in [-0.2, -0.15) is 0 Å². The van der Waals surface area contributed by atoms with Crippen LogP contribution in [-0.4, -0.2) is 47.6 Å². The number of hydrogen-bond donors (Lipinski definition) is 2. The molecule has 1 atom stereocenters. The van der Waals surface area contributed by atoms with E-state index in [2.05, 4.69) is 27.0 Å². The van der Waals surface area contributed by atoms with Gasteiger partial charge in [0.05, 0.1) is 24.8 Å². The molecule has 2 heterocycles. The first-order valence-electron chi connectivity index (χ1n) is 12.0. The maximum Gasteiger partial charge on any atom is 0.248 e. The Kier molecular flexibility index (Phi) is 6.68. The predicted molar refractivity (Wildman–Crippen MR) is 137 cm³/mol. The molecule has 7 nitrogen and oxygen atoms in total. The lowest BCUT2D eigenvalue weighted by atomic mass is 9.98. The van der Waals surface area contributed by atoms with Crippen LogP contribution in [-0.2, 0) is 6.54 Å². The first-order chi connectivity index (χ1) is 17.1. The minimum absolute atomic E-state index is 0.449. The van der Waals surface area contributed by atoms with Crippen molar-refractivity contribution < 1.29 is 14.3 Å². The van der Waals surface area contributed by atoms with Gasteiger partial charge in [-0.25, -0.2) is 4.98 Å². The van der Waals surface area contributed by atoms with Gasteiger partial charge in [-0.15, -0.1) is 0 Å². The Morgan fingerprint density at radius 2 is 1.86 bits per heavy atom.